The largest absolute Gasteiger partial charge is 0.492 e. The van der Waals surface area contributed by atoms with Crippen LogP contribution in [0.2, 0.25) is 0 Å². The third-order valence-corrected chi connectivity index (χ3v) is 5.84. The van der Waals surface area contributed by atoms with Gasteiger partial charge in [-0.15, -0.1) is 0 Å². The van der Waals surface area contributed by atoms with E-state index in [0.29, 0.717) is 29.4 Å². The molecule has 0 radical (unpaired) electrons. The van der Waals surface area contributed by atoms with Gasteiger partial charge in [0.25, 0.3) is 0 Å². The molecule has 1 N–H and O–H groups in total. The fourth-order valence-corrected chi connectivity index (χ4v) is 4.15. The monoisotopic (exact) mass is 456 g/mol. The van der Waals surface area contributed by atoms with Crippen molar-refractivity contribution in [3.8, 4) is 28.4 Å². The molecule has 0 fully saturated rings. The number of carboxylic acid groups (broad SMARTS) is 1. The number of benzene rings is 3. The summed E-state index contributed by atoms with van der Waals surface area (Å²) in [7, 11) is 0. The Balaban J connectivity index is 1.37. The Labute approximate surface area is 187 Å². The van der Waals surface area contributed by atoms with Crippen LogP contribution in [0, 0.1) is 0 Å². The lowest BCUT2D eigenvalue weighted by atomic mass is 9.97. The number of alkyl halides is 3. The van der Waals surface area contributed by atoms with E-state index in [1.165, 1.54) is 12.1 Å². The van der Waals surface area contributed by atoms with Gasteiger partial charge in [-0.1, -0.05) is 30.3 Å². The lowest BCUT2D eigenvalue weighted by molar-refractivity contribution is -0.138. The number of hydrogen-bond acceptors (Lipinski definition) is 4. The lowest BCUT2D eigenvalue weighted by Crippen LogP contribution is -2.21. The smallest absolute Gasteiger partial charge is 0.416 e. The number of rotatable bonds is 4. The number of fused-ring (bicyclic) bond motifs is 2. The fourth-order valence-electron chi connectivity index (χ4n) is 4.15. The average molecular weight is 456 g/mol. The van der Waals surface area contributed by atoms with Crippen LogP contribution in [0.15, 0.2) is 60.7 Å². The van der Waals surface area contributed by atoms with E-state index in [9.17, 15) is 18.0 Å². The number of hydrogen-bond donors (Lipinski definition) is 1. The maximum absolute atomic E-state index is 12.8. The van der Waals surface area contributed by atoms with Crippen molar-refractivity contribution in [2.24, 2.45) is 0 Å². The van der Waals surface area contributed by atoms with Crippen LogP contribution in [0.25, 0.3) is 11.1 Å². The third-order valence-electron chi connectivity index (χ3n) is 5.84. The highest BCUT2D eigenvalue weighted by molar-refractivity contribution is 5.69. The fraction of sp³-hybridized carbons (Fsp3) is 0.240. The first-order valence-electron chi connectivity index (χ1n) is 10.4. The zero-order valence-electron chi connectivity index (χ0n) is 17.3. The Morgan fingerprint density at radius 3 is 2.39 bits per heavy atom. The summed E-state index contributed by atoms with van der Waals surface area (Å²) in [5, 5.41) is 9.09. The quantitative estimate of drug-likeness (QED) is 0.535. The van der Waals surface area contributed by atoms with E-state index in [0.717, 1.165) is 28.8 Å². The summed E-state index contributed by atoms with van der Waals surface area (Å²) < 4.78 is 56.2. The SMILES string of the molecule is O=C(O)C[C@@H]1COc2cc3c(cc21)OC[C@@H](c1cccc(-c2ccc(C(F)(F)F)cc2)c1)O3. The summed E-state index contributed by atoms with van der Waals surface area (Å²) in [6.07, 6.45) is -4.81. The molecule has 33 heavy (non-hydrogen) atoms. The molecule has 8 heteroatoms. The highest BCUT2D eigenvalue weighted by Crippen LogP contribution is 2.46. The zero-order valence-corrected chi connectivity index (χ0v) is 17.3. The summed E-state index contributed by atoms with van der Waals surface area (Å²) in [5.41, 5.74) is 2.36. The van der Waals surface area contributed by atoms with Crippen LogP contribution < -0.4 is 14.2 Å². The van der Waals surface area contributed by atoms with E-state index in [2.05, 4.69) is 0 Å². The molecule has 0 saturated carbocycles. The van der Waals surface area contributed by atoms with Crippen LogP contribution in [0.5, 0.6) is 17.2 Å². The Hall–Kier alpha value is -3.68. The topological polar surface area (TPSA) is 65.0 Å². The molecule has 0 saturated heterocycles. The van der Waals surface area contributed by atoms with E-state index >= 15 is 0 Å². The van der Waals surface area contributed by atoms with Crippen molar-refractivity contribution in [1.29, 1.82) is 0 Å². The molecule has 0 bridgehead atoms. The Bertz CT molecular complexity index is 1200. The molecule has 0 spiro atoms. The molecular weight excluding hydrogens is 437 g/mol. The molecule has 2 heterocycles. The lowest BCUT2D eigenvalue weighted by Gasteiger charge is -2.27. The predicted molar refractivity (Wildman–Crippen MR) is 113 cm³/mol. The first-order chi connectivity index (χ1) is 15.8. The minimum atomic E-state index is -4.38. The highest BCUT2D eigenvalue weighted by Gasteiger charge is 2.32. The Kier molecular flexibility index (Phi) is 5.15. The summed E-state index contributed by atoms with van der Waals surface area (Å²) in [6.45, 7) is 0.538. The number of carbonyl (C=O) groups is 1. The molecule has 2 aliphatic heterocycles. The first kappa shape index (κ1) is 21.2. The molecule has 170 valence electrons. The minimum Gasteiger partial charge on any atom is -0.492 e. The van der Waals surface area contributed by atoms with Crippen molar-refractivity contribution in [3.05, 3.63) is 77.4 Å². The predicted octanol–water partition coefficient (Wildman–Crippen LogP) is 5.84. The molecule has 0 aliphatic carbocycles. The standard InChI is InChI=1S/C25H19F3O5/c26-25(27,28)18-6-4-14(5-7-18)15-2-1-3-16(8-15)23-13-32-21-10-19-17(9-24(29)30)12-31-20(19)11-22(21)33-23/h1-8,10-11,17,23H,9,12-13H2,(H,29,30)/t17-,23+/m1/s1. The van der Waals surface area contributed by atoms with E-state index in [1.54, 1.807) is 12.1 Å². The molecule has 0 unspecified atom stereocenters. The molecular formula is C25H19F3O5. The van der Waals surface area contributed by atoms with Gasteiger partial charge < -0.3 is 19.3 Å². The molecule has 2 atom stereocenters. The van der Waals surface area contributed by atoms with Gasteiger partial charge in [0.05, 0.1) is 18.6 Å². The third kappa shape index (κ3) is 4.20. The normalized spacial score (nSPS) is 19.0. The molecule has 2 aliphatic rings. The van der Waals surface area contributed by atoms with Crippen molar-refractivity contribution in [3.63, 3.8) is 0 Å². The second kappa shape index (κ2) is 8.03. The first-order valence-corrected chi connectivity index (χ1v) is 10.4. The van der Waals surface area contributed by atoms with Crippen LogP contribution in [-0.4, -0.2) is 24.3 Å². The Morgan fingerprint density at radius 1 is 0.909 bits per heavy atom. The number of halogens is 3. The van der Waals surface area contributed by atoms with Gasteiger partial charge in [0.2, 0.25) is 0 Å². The summed E-state index contributed by atoms with van der Waals surface area (Å²) >= 11 is 0. The van der Waals surface area contributed by atoms with Crippen molar-refractivity contribution in [2.75, 3.05) is 13.2 Å². The molecule has 0 amide bonds. The maximum Gasteiger partial charge on any atom is 0.416 e. The number of aliphatic carboxylic acids is 1. The molecule has 3 aromatic carbocycles. The van der Waals surface area contributed by atoms with Gasteiger partial charge in [-0.05, 0) is 41.0 Å². The van der Waals surface area contributed by atoms with Gasteiger partial charge in [-0.25, -0.2) is 0 Å². The van der Waals surface area contributed by atoms with Gasteiger partial charge in [0, 0.05) is 17.5 Å². The van der Waals surface area contributed by atoms with E-state index in [4.69, 9.17) is 19.3 Å². The van der Waals surface area contributed by atoms with Crippen LogP contribution in [0.4, 0.5) is 13.2 Å². The summed E-state index contributed by atoms with van der Waals surface area (Å²) in [6, 6.07) is 15.9. The summed E-state index contributed by atoms with van der Waals surface area (Å²) in [5.74, 6) is 0.498. The molecule has 5 rings (SSSR count). The highest BCUT2D eigenvalue weighted by atomic mass is 19.4. The minimum absolute atomic E-state index is 0.0218. The zero-order chi connectivity index (χ0) is 23.2. The van der Waals surface area contributed by atoms with Crippen LogP contribution >= 0.6 is 0 Å². The van der Waals surface area contributed by atoms with Crippen LogP contribution in [0.3, 0.4) is 0 Å². The van der Waals surface area contributed by atoms with Crippen LogP contribution in [0.1, 0.15) is 35.1 Å². The molecule has 5 nitrogen and oxygen atoms in total. The Morgan fingerprint density at radius 2 is 1.67 bits per heavy atom. The van der Waals surface area contributed by atoms with E-state index in [-0.39, 0.29) is 18.9 Å². The van der Waals surface area contributed by atoms with Gasteiger partial charge in [0.1, 0.15) is 12.4 Å². The second-order valence-corrected chi connectivity index (χ2v) is 8.06. The number of carboxylic acids is 1. The van der Waals surface area contributed by atoms with Crippen molar-refractivity contribution in [1.82, 2.24) is 0 Å². The molecule has 0 aromatic heterocycles. The van der Waals surface area contributed by atoms with Crippen molar-refractivity contribution in [2.45, 2.75) is 24.6 Å². The average Bonchev–Trinajstić information content (AvgIpc) is 3.17. The number of ether oxygens (including phenoxy) is 3. The van der Waals surface area contributed by atoms with Gasteiger partial charge in [-0.2, -0.15) is 13.2 Å². The molecule has 3 aromatic rings. The van der Waals surface area contributed by atoms with Gasteiger partial charge in [0.15, 0.2) is 17.6 Å². The van der Waals surface area contributed by atoms with Crippen LogP contribution in [-0.2, 0) is 11.0 Å². The van der Waals surface area contributed by atoms with E-state index in [1.807, 2.05) is 24.3 Å². The van der Waals surface area contributed by atoms with E-state index < -0.39 is 23.8 Å². The van der Waals surface area contributed by atoms with Gasteiger partial charge in [-0.3, -0.25) is 4.79 Å². The van der Waals surface area contributed by atoms with Crippen molar-refractivity contribution >= 4 is 5.97 Å². The van der Waals surface area contributed by atoms with Gasteiger partial charge >= 0.3 is 12.1 Å². The van der Waals surface area contributed by atoms with Crippen molar-refractivity contribution < 1.29 is 37.3 Å². The second-order valence-electron chi connectivity index (χ2n) is 8.06. The maximum atomic E-state index is 12.8. The summed E-state index contributed by atoms with van der Waals surface area (Å²) in [4.78, 5) is 11.1.